The van der Waals surface area contributed by atoms with E-state index in [2.05, 4.69) is 17.6 Å². The minimum atomic E-state index is -0.821. The number of aliphatic carboxylic acids is 1. The number of carbonyl (C=O) groups is 1. The molecule has 0 saturated heterocycles. The molecule has 0 spiro atoms. The van der Waals surface area contributed by atoms with Gasteiger partial charge < -0.3 is 14.7 Å². The van der Waals surface area contributed by atoms with E-state index in [-0.39, 0.29) is 18.5 Å². The van der Waals surface area contributed by atoms with Crippen LogP contribution in [0.3, 0.4) is 0 Å². The summed E-state index contributed by atoms with van der Waals surface area (Å²) in [6.45, 7) is 9.36. The summed E-state index contributed by atoms with van der Waals surface area (Å²) in [5, 5.41) is 9.54. The van der Waals surface area contributed by atoms with Gasteiger partial charge in [-0.05, 0) is 56.0 Å². The van der Waals surface area contributed by atoms with Crippen LogP contribution in [0.1, 0.15) is 36.1 Å². The van der Waals surface area contributed by atoms with Crippen molar-refractivity contribution in [3.8, 4) is 5.75 Å². The first-order valence-electron chi connectivity index (χ1n) is 10.4. The molecule has 0 atom stereocenters. The number of aliphatic imine (C=N–C) groups is 1. The van der Waals surface area contributed by atoms with Gasteiger partial charge in [-0.15, -0.1) is 0 Å². The molecule has 0 aromatic heterocycles. The van der Waals surface area contributed by atoms with Gasteiger partial charge in [-0.1, -0.05) is 36.4 Å². The number of halogens is 1. The first kappa shape index (κ1) is 23.8. The number of carboxylic acids is 1. The lowest BCUT2D eigenvalue weighted by atomic mass is 9.96. The molecule has 1 heterocycles. The number of hydrogen-bond acceptors (Lipinski definition) is 6. The number of nitrogens with two attached hydrogens (primary N) is 1. The summed E-state index contributed by atoms with van der Waals surface area (Å²) in [6.07, 6.45) is 1.47. The number of hydrogen-bond donors (Lipinski definition) is 2. The van der Waals surface area contributed by atoms with Crippen LogP contribution in [0.4, 0.5) is 0 Å². The first-order chi connectivity index (χ1) is 15.3. The molecule has 7 nitrogen and oxygen atoms in total. The Kier molecular flexibility index (Phi) is 7.90. The van der Waals surface area contributed by atoms with Gasteiger partial charge in [0.15, 0.2) is 0 Å². The Morgan fingerprint density at radius 3 is 2.69 bits per heavy atom. The van der Waals surface area contributed by atoms with E-state index >= 15 is 0 Å². The Bertz CT molecular complexity index is 1040. The summed E-state index contributed by atoms with van der Waals surface area (Å²) < 4.78 is 5.67. The maximum atomic E-state index is 11.1. The maximum absolute atomic E-state index is 11.1. The Morgan fingerprint density at radius 2 is 2.03 bits per heavy atom. The van der Waals surface area contributed by atoms with Crippen molar-refractivity contribution in [3.05, 3.63) is 70.3 Å². The van der Waals surface area contributed by atoms with Crippen LogP contribution < -0.4 is 10.6 Å². The van der Waals surface area contributed by atoms with E-state index < -0.39 is 5.97 Å². The van der Waals surface area contributed by atoms with Gasteiger partial charge in [-0.2, -0.15) is 5.90 Å². The molecule has 1 aliphatic heterocycles. The second kappa shape index (κ2) is 10.6. The van der Waals surface area contributed by atoms with Crippen molar-refractivity contribution < 1.29 is 19.5 Å². The highest BCUT2D eigenvalue weighted by Gasteiger charge is 2.19. The molecule has 2 aromatic rings. The number of ether oxygens (including phenoxy) is 1. The Hall–Kier alpha value is -2.87. The molecule has 1 aliphatic rings. The number of fused-ring (bicyclic) bond motifs is 1. The van der Waals surface area contributed by atoms with Crippen LogP contribution >= 0.6 is 11.6 Å². The van der Waals surface area contributed by atoms with Gasteiger partial charge in [0, 0.05) is 24.2 Å². The van der Waals surface area contributed by atoms with Gasteiger partial charge in [0.2, 0.25) is 5.90 Å². The Morgan fingerprint density at radius 1 is 1.28 bits per heavy atom. The molecule has 3 N–H and O–H groups in total. The predicted molar refractivity (Wildman–Crippen MR) is 126 cm³/mol. The minimum Gasteiger partial charge on any atom is -0.489 e. The fraction of sp³-hybridized carbons (Fsp3) is 0.333. The van der Waals surface area contributed by atoms with Crippen LogP contribution in [-0.2, 0) is 22.5 Å². The largest absolute Gasteiger partial charge is 0.489 e. The molecule has 0 radical (unpaired) electrons. The first-order valence-corrected chi connectivity index (χ1v) is 10.8. The predicted octanol–water partition coefficient (Wildman–Crippen LogP) is 3.92. The van der Waals surface area contributed by atoms with Gasteiger partial charge in [0.05, 0.1) is 23.4 Å². The van der Waals surface area contributed by atoms with Gasteiger partial charge in [0.25, 0.3) is 0 Å². The average Bonchev–Trinajstić information content (AvgIpc) is 2.95. The lowest BCUT2D eigenvalue weighted by Gasteiger charge is -2.16. The lowest BCUT2D eigenvalue weighted by Crippen LogP contribution is -2.31. The summed E-state index contributed by atoms with van der Waals surface area (Å²) in [5.41, 5.74) is 4.28. The second-order valence-electron chi connectivity index (χ2n) is 7.91. The van der Waals surface area contributed by atoms with Crippen LogP contribution in [0.5, 0.6) is 5.75 Å². The van der Waals surface area contributed by atoms with Gasteiger partial charge in [-0.3, -0.25) is 9.69 Å². The van der Waals surface area contributed by atoms with Crippen molar-refractivity contribution in [3.63, 3.8) is 0 Å². The van der Waals surface area contributed by atoms with Crippen molar-refractivity contribution in [2.45, 2.75) is 32.8 Å². The normalized spacial score (nSPS) is 14.6. The molecule has 0 unspecified atom stereocenters. The zero-order valence-electron chi connectivity index (χ0n) is 18.3. The summed E-state index contributed by atoms with van der Waals surface area (Å²) in [5.74, 6) is 5.45. The van der Waals surface area contributed by atoms with Gasteiger partial charge in [-0.25, -0.2) is 4.99 Å². The van der Waals surface area contributed by atoms with Crippen LogP contribution in [0.15, 0.2) is 48.0 Å². The second-order valence-corrected chi connectivity index (χ2v) is 8.31. The Labute approximate surface area is 193 Å². The smallest absolute Gasteiger partial charge is 0.317 e. The SMILES string of the molecule is C=C(N=C(ON)c1ccc(OC(C)C)c(Cl)c1)c1cccc2c1CCN(CC(=O)O)CC2. The highest BCUT2D eigenvalue weighted by atomic mass is 35.5. The highest BCUT2D eigenvalue weighted by Crippen LogP contribution is 2.29. The van der Waals surface area contributed by atoms with Gasteiger partial charge >= 0.3 is 5.97 Å². The molecule has 32 heavy (non-hydrogen) atoms. The van der Waals surface area contributed by atoms with E-state index in [4.69, 9.17) is 32.2 Å². The van der Waals surface area contributed by atoms with E-state index in [1.165, 1.54) is 5.56 Å². The zero-order valence-corrected chi connectivity index (χ0v) is 19.1. The van der Waals surface area contributed by atoms with Crippen molar-refractivity contribution in [2.75, 3.05) is 19.6 Å². The summed E-state index contributed by atoms with van der Waals surface area (Å²) in [6, 6.07) is 11.2. The zero-order chi connectivity index (χ0) is 23.3. The molecule has 0 bridgehead atoms. The van der Waals surface area contributed by atoms with Crippen LogP contribution in [0.2, 0.25) is 5.02 Å². The summed E-state index contributed by atoms with van der Waals surface area (Å²) >= 11 is 6.35. The molecule has 0 amide bonds. The fourth-order valence-corrected chi connectivity index (χ4v) is 3.99. The number of rotatable bonds is 7. The molecule has 0 fully saturated rings. The quantitative estimate of drug-likeness (QED) is 0.371. The topological polar surface area (TPSA) is 97.4 Å². The van der Waals surface area contributed by atoms with E-state index in [1.807, 2.05) is 30.9 Å². The van der Waals surface area contributed by atoms with E-state index in [0.29, 0.717) is 41.5 Å². The van der Waals surface area contributed by atoms with E-state index in [1.54, 1.807) is 18.2 Å². The molecule has 0 aliphatic carbocycles. The summed E-state index contributed by atoms with van der Waals surface area (Å²) in [7, 11) is 0. The molecule has 3 rings (SSSR count). The fourth-order valence-electron chi connectivity index (χ4n) is 3.77. The van der Waals surface area contributed by atoms with Crippen molar-refractivity contribution in [1.29, 1.82) is 0 Å². The monoisotopic (exact) mass is 457 g/mol. The third-order valence-electron chi connectivity index (χ3n) is 5.21. The van der Waals surface area contributed by atoms with Crippen LogP contribution in [0, 0.1) is 0 Å². The van der Waals surface area contributed by atoms with Crippen molar-refractivity contribution >= 4 is 29.2 Å². The Balaban J connectivity index is 1.86. The molecule has 2 aromatic carbocycles. The van der Waals surface area contributed by atoms with E-state index in [9.17, 15) is 4.79 Å². The number of benzene rings is 2. The maximum Gasteiger partial charge on any atom is 0.317 e. The van der Waals surface area contributed by atoms with Crippen LogP contribution in [0.25, 0.3) is 5.70 Å². The molecule has 8 heteroatoms. The summed E-state index contributed by atoms with van der Waals surface area (Å²) in [4.78, 5) is 22.6. The highest BCUT2D eigenvalue weighted by molar-refractivity contribution is 6.32. The molecule has 0 saturated carbocycles. The van der Waals surface area contributed by atoms with E-state index in [0.717, 1.165) is 17.5 Å². The van der Waals surface area contributed by atoms with Crippen molar-refractivity contribution in [1.82, 2.24) is 4.90 Å². The van der Waals surface area contributed by atoms with Gasteiger partial charge in [0.1, 0.15) is 5.75 Å². The lowest BCUT2D eigenvalue weighted by molar-refractivity contribution is -0.138. The standard InChI is InChI=1S/C24H28ClN3O4/c1-15(2)31-22-8-7-18(13-21(22)25)24(32-26)27-16(3)19-6-4-5-17-9-11-28(14-23(29)30)12-10-20(17)19/h4-8,13,15H,3,9-12,14,26H2,1-2H3,(H,29,30). The third-order valence-corrected chi connectivity index (χ3v) is 5.50. The third kappa shape index (κ3) is 5.88. The number of nitrogens with zero attached hydrogens (tertiary/aromatic N) is 2. The average molecular weight is 458 g/mol. The number of carboxylic acid groups (broad SMARTS) is 1. The molecule has 170 valence electrons. The molecular weight excluding hydrogens is 430 g/mol. The molecular formula is C24H28ClN3O4. The minimum absolute atomic E-state index is 0.00298. The van der Waals surface area contributed by atoms with Crippen LogP contribution in [-0.4, -0.2) is 47.6 Å². The van der Waals surface area contributed by atoms with Crippen molar-refractivity contribution in [2.24, 2.45) is 10.9 Å².